The van der Waals surface area contributed by atoms with Crippen LogP contribution in [0.3, 0.4) is 0 Å². The van der Waals surface area contributed by atoms with E-state index in [-0.39, 0.29) is 16.0 Å². The highest BCUT2D eigenvalue weighted by Gasteiger charge is 2.32. The standard InChI is InChI=1S/C11H13F3O5S2/c1-7-4-9(20(3,15)16)8(2)10(5-7)21(17,18)19-6-11(12,13)14/h4-5H,6H2,1-3H3. The Morgan fingerprint density at radius 3 is 1.95 bits per heavy atom. The van der Waals surface area contributed by atoms with Crippen LogP contribution in [0.4, 0.5) is 13.2 Å². The third-order valence-electron chi connectivity index (χ3n) is 2.50. The lowest BCUT2D eigenvalue weighted by atomic mass is 10.2. The molecule has 0 unspecified atom stereocenters. The number of aryl methyl sites for hydroxylation is 1. The van der Waals surface area contributed by atoms with Gasteiger partial charge in [-0.05, 0) is 37.1 Å². The predicted octanol–water partition coefficient (Wildman–Crippen LogP) is 1.97. The minimum atomic E-state index is -4.82. The second-order valence-corrected chi connectivity index (χ2v) is 8.06. The molecule has 0 aliphatic heterocycles. The topological polar surface area (TPSA) is 77.5 Å². The monoisotopic (exact) mass is 346 g/mol. The van der Waals surface area contributed by atoms with Crippen LogP contribution in [-0.2, 0) is 24.1 Å². The molecule has 0 heterocycles. The fourth-order valence-corrected chi connectivity index (χ4v) is 4.01. The highest BCUT2D eigenvalue weighted by Crippen LogP contribution is 2.27. The quantitative estimate of drug-likeness (QED) is 0.779. The highest BCUT2D eigenvalue weighted by molar-refractivity contribution is 7.91. The van der Waals surface area contributed by atoms with E-state index in [0.717, 1.165) is 12.3 Å². The molecule has 0 aromatic heterocycles. The van der Waals surface area contributed by atoms with Gasteiger partial charge >= 0.3 is 6.18 Å². The van der Waals surface area contributed by atoms with Crippen molar-refractivity contribution in [2.24, 2.45) is 0 Å². The second kappa shape index (κ2) is 5.58. The molecule has 0 spiro atoms. The van der Waals surface area contributed by atoms with Gasteiger partial charge in [-0.2, -0.15) is 21.6 Å². The molecule has 0 N–H and O–H groups in total. The van der Waals surface area contributed by atoms with Crippen LogP contribution in [0, 0.1) is 13.8 Å². The van der Waals surface area contributed by atoms with Crippen LogP contribution >= 0.6 is 0 Å². The lowest BCUT2D eigenvalue weighted by molar-refractivity contribution is -0.152. The van der Waals surface area contributed by atoms with E-state index in [1.807, 2.05) is 0 Å². The molecule has 1 rings (SSSR count). The first kappa shape index (κ1) is 17.9. The minimum absolute atomic E-state index is 0.176. The molecule has 5 nitrogen and oxygen atoms in total. The molecular formula is C11H13F3O5S2. The number of benzene rings is 1. The van der Waals surface area contributed by atoms with Crippen molar-refractivity contribution < 1.29 is 34.2 Å². The predicted molar refractivity (Wildman–Crippen MR) is 68.2 cm³/mol. The number of alkyl halides is 3. The first-order valence-corrected chi connectivity index (χ1v) is 8.81. The second-order valence-electron chi connectivity index (χ2n) is 4.49. The van der Waals surface area contributed by atoms with E-state index in [1.54, 1.807) is 0 Å². The summed E-state index contributed by atoms with van der Waals surface area (Å²) in [4.78, 5) is -0.858. The van der Waals surface area contributed by atoms with Gasteiger partial charge in [0.25, 0.3) is 10.1 Å². The zero-order valence-corrected chi connectivity index (χ0v) is 13.0. The largest absolute Gasteiger partial charge is 0.413 e. The normalized spacial score (nSPS) is 13.4. The number of rotatable bonds is 4. The molecule has 0 radical (unpaired) electrons. The molecule has 0 bridgehead atoms. The Kier molecular flexibility index (Phi) is 4.76. The van der Waals surface area contributed by atoms with Gasteiger partial charge < -0.3 is 0 Å². The average molecular weight is 346 g/mol. The first-order chi connectivity index (χ1) is 9.24. The molecule has 0 atom stereocenters. The summed E-state index contributed by atoms with van der Waals surface area (Å²) in [6.07, 6.45) is -3.94. The molecule has 0 saturated carbocycles. The van der Waals surface area contributed by atoms with E-state index in [4.69, 9.17) is 0 Å². The van der Waals surface area contributed by atoms with E-state index in [9.17, 15) is 30.0 Å². The van der Waals surface area contributed by atoms with Gasteiger partial charge in [-0.3, -0.25) is 4.18 Å². The van der Waals surface area contributed by atoms with E-state index < -0.39 is 37.6 Å². The van der Waals surface area contributed by atoms with Gasteiger partial charge in [-0.25, -0.2) is 8.42 Å². The maximum Gasteiger partial charge on any atom is 0.413 e. The molecule has 21 heavy (non-hydrogen) atoms. The maximum atomic E-state index is 12.1. The van der Waals surface area contributed by atoms with Crippen molar-refractivity contribution in [1.82, 2.24) is 0 Å². The average Bonchev–Trinajstić information content (AvgIpc) is 2.27. The Bertz CT molecular complexity index is 749. The highest BCUT2D eigenvalue weighted by atomic mass is 32.2. The van der Waals surface area contributed by atoms with Crippen molar-refractivity contribution in [2.45, 2.75) is 29.8 Å². The van der Waals surface area contributed by atoms with E-state index in [2.05, 4.69) is 4.18 Å². The fraction of sp³-hybridized carbons (Fsp3) is 0.455. The van der Waals surface area contributed by atoms with Gasteiger partial charge in [0, 0.05) is 6.26 Å². The van der Waals surface area contributed by atoms with Crippen molar-refractivity contribution in [3.63, 3.8) is 0 Å². The van der Waals surface area contributed by atoms with Crippen LogP contribution in [0.25, 0.3) is 0 Å². The van der Waals surface area contributed by atoms with Crippen molar-refractivity contribution in [3.05, 3.63) is 23.3 Å². The molecule has 0 aliphatic rings. The lowest BCUT2D eigenvalue weighted by Gasteiger charge is -2.13. The van der Waals surface area contributed by atoms with Gasteiger partial charge in [-0.1, -0.05) is 0 Å². The number of hydrogen-bond acceptors (Lipinski definition) is 5. The molecule has 0 saturated heterocycles. The fourth-order valence-electron chi connectivity index (χ4n) is 1.65. The summed E-state index contributed by atoms with van der Waals surface area (Å²) in [6, 6.07) is 2.31. The lowest BCUT2D eigenvalue weighted by Crippen LogP contribution is -2.21. The summed E-state index contributed by atoms with van der Waals surface area (Å²) in [5.41, 5.74) is 0.0977. The van der Waals surface area contributed by atoms with Crippen molar-refractivity contribution >= 4 is 20.0 Å². The van der Waals surface area contributed by atoms with Gasteiger partial charge in [0.1, 0.15) is 0 Å². The smallest absolute Gasteiger partial charge is 0.257 e. The Labute approximate surface area is 120 Å². The van der Waals surface area contributed by atoms with Gasteiger partial charge in [0.2, 0.25) is 0 Å². The zero-order valence-electron chi connectivity index (χ0n) is 11.4. The first-order valence-electron chi connectivity index (χ1n) is 5.51. The number of sulfone groups is 1. The van der Waals surface area contributed by atoms with Crippen LogP contribution in [-0.4, -0.2) is 35.9 Å². The van der Waals surface area contributed by atoms with Crippen LogP contribution in [0.2, 0.25) is 0 Å². The van der Waals surface area contributed by atoms with Gasteiger partial charge in [-0.15, -0.1) is 0 Å². The Morgan fingerprint density at radius 2 is 1.52 bits per heavy atom. The van der Waals surface area contributed by atoms with E-state index >= 15 is 0 Å². The number of halogens is 3. The summed E-state index contributed by atoms with van der Waals surface area (Å²) in [6.45, 7) is 0.646. The molecule has 10 heteroatoms. The van der Waals surface area contributed by atoms with Gasteiger partial charge in [0.15, 0.2) is 16.4 Å². The van der Waals surface area contributed by atoms with Crippen LogP contribution in [0.5, 0.6) is 0 Å². The summed E-state index contributed by atoms with van der Waals surface area (Å²) in [5.74, 6) is 0. The molecule has 120 valence electrons. The third kappa shape index (κ3) is 4.68. The Hall–Kier alpha value is -1.13. The molecule has 0 amide bonds. The molecule has 0 aliphatic carbocycles. The molecule has 1 aromatic carbocycles. The van der Waals surface area contributed by atoms with Crippen molar-refractivity contribution in [3.8, 4) is 0 Å². The summed E-state index contributed by atoms with van der Waals surface area (Å²) in [7, 11) is -8.44. The Balaban J connectivity index is 3.41. The van der Waals surface area contributed by atoms with Crippen LogP contribution in [0.1, 0.15) is 11.1 Å². The summed E-state index contributed by atoms with van der Waals surface area (Å²) >= 11 is 0. The molecule has 1 aromatic rings. The SMILES string of the molecule is Cc1cc(S(C)(=O)=O)c(C)c(S(=O)(=O)OCC(F)(F)F)c1. The maximum absolute atomic E-state index is 12.1. The third-order valence-corrected chi connectivity index (χ3v) is 5.12. The van der Waals surface area contributed by atoms with Crippen molar-refractivity contribution in [2.75, 3.05) is 12.9 Å². The van der Waals surface area contributed by atoms with Crippen LogP contribution < -0.4 is 0 Å². The van der Waals surface area contributed by atoms with E-state index in [0.29, 0.717) is 0 Å². The summed E-state index contributed by atoms with van der Waals surface area (Å²) in [5, 5.41) is 0. The van der Waals surface area contributed by atoms with E-state index in [1.165, 1.54) is 19.9 Å². The number of hydrogen-bond donors (Lipinski definition) is 0. The van der Waals surface area contributed by atoms with Crippen molar-refractivity contribution in [1.29, 1.82) is 0 Å². The zero-order chi connectivity index (χ0) is 16.6. The Morgan fingerprint density at radius 1 is 1.05 bits per heavy atom. The van der Waals surface area contributed by atoms with Gasteiger partial charge in [0.05, 0.1) is 9.79 Å². The van der Waals surface area contributed by atoms with Crippen LogP contribution in [0.15, 0.2) is 21.9 Å². The molecule has 0 fully saturated rings. The molecular weight excluding hydrogens is 333 g/mol. The summed E-state index contributed by atoms with van der Waals surface area (Å²) < 4.78 is 86.9. The minimum Gasteiger partial charge on any atom is -0.257 e.